The van der Waals surface area contributed by atoms with Gasteiger partial charge in [0.1, 0.15) is 0 Å². The van der Waals surface area contributed by atoms with Gasteiger partial charge in [-0.25, -0.2) is 4.39 Å². The van der Waals surface area contributed by atoms with E-state index in [0.717, 1.165) is 0 Å². The number of nitrogens with two attached hydrogens (primary N) is 1. The summed E-state index contributed by atoms with van der Waals surface area (Å²) in [7, 11) is 0. The minimum Gasteiger partial charge on any atom is -0.330 e. The predicted molar refractivity (Wildman–Crippen MR) is 59.3 cm³/mol. The molecule has 188 valence electrons. The van der Waals surface area contributed by atoms with E-state index >= 15 is 0 Å². The Bertz CT molecular complexity index is 626. The molecular weight excluding hydrogens is 507 g/mol. The Hall–Kier alpha value is -1.37. The maximum Gasteiger partial charge on any atom is 0.438 e. The number of hydrogen-bond donors (Lipinski definition) is 1. The van der Waals surface area contributed by atoms with Gasteiger partial charge in [-0.15, -0.1) is 0 Å². The molecule has 0 spiro atoms. The van der Waals surface area contributed by atoms with Crippen molar-refractivity contribution in [3.63, 3.8) is 0 Å². The van der Waals surface area contributed by atoms with Crippen molar-refractivity contribution in [3.05, 3.63) is 0 Å². The molecule has 0 heterocycles. The molecule has 0 aromatic heterocycles. The standard InChI is InChI=1S/C11H6F19N/c12-3(13,1-2-31)5(15,16)7(19,20)9(23,24)8(21,22)6(17,18)4(14,10(25,26)27)11(28,29)30/h1-2,31H2. The average Bonchev–Trinajstić information content (AvgIpc) is 2.50. The van der Waals surface area contributed by atoms with Crippen molar-refractivity contribution in [2.45, 2.75) is 60.0 Å². The highest BCUT2D eigenvalue weighted by Gasteiger charge is 2.98. The molecule has 0 aliphatic rings. The Morgan fingerprint density at radius 3 is 0.903 bits per heavy atom. The third kappa shape index (κ3) is 3.65. The third-order valence-corrected chi connectivity index (χ3v) is 3.71. The normalized spacial score (nSPS) is 16.6. The molecule has 0 saturated carbocycles. The molecule has 0 bridgehead atoms. The second-order valence-corrected chi connectivity index (χ2v) is 5.77. The lowest BCUT2D eigenvalue weighted by Gasteiger charge is -2.45. The first-order valence-electron chi connectivity index (χ1n) is 6.85. The highest BCUT2D eigenvalue weighted by molar-refractivity contribution is 5.19. The summed E-state index contributed by atoms with van der Waals surface area (Å²) < 4.78 is 245. The Balaban J connectivity index is 7.03. The van der Waals surface area contributed by atoms with Gasteiger partial charge in [-0.2, -0.15) is 79.0 Å². The molecule has 31 heavy (non-hydrogen) atoms. The summed E-state index contributed by atoms with van der Waals surface area (Å²) in [5.74, 6) is -49.6. The molecule has 2 N–H and O–H groups in total. The largest absolute Gasteiger partial charge is 0.438 e. The summed E-state index contributed by atoms with van der Waals surface area (Å²) >= 11 is 0. The summed E-state index contributed by atoms with van der Waals surface area (Å²) in [4.78, 5) is 0. The molecule has 0 fully saturated rings. The van der Waals surface area contributed by atoms with Crippen LogP contribution in [0.3, 0.4) is 0 Å². The molecule has 0 saturated heterocycles. The Morgan fingerprint density at radius 2 is 0.645 bits per heavy atom. The second-order valence-electron chi connectivity index (χ2n) is 5.77. The Morgan fingerprint density at radius 1 is 0.387 bits per heavy atom. The SMILES string of the molecule is NCCC(F)(F)C(F)(F)C(F)(F)C(F)(F)C(F)(F)C(F)(F)C(F)(C(F)(F)F)C(F)(F)F. The molecular formula is C11H6F19N. The van der Waals surface area contributed by atoms with E-state index in [1.165, 1.54) is 0 Å². The number of rotatable bonds is 8. The maximum absolute atomic E-state index is 13.3. The predicted octanol–water partition coefficient (Wildman–Crippen LogP) is 5.98. The van der Waals surface area contributed by atoms with Gasteiger partial charge in [0.25, 0.3) is 0 Å². The van der Waals surface area contributed by atoms with Crippen molar-refractivity contribution in [2.24, 2.45) is 5.73 Å². The van der Waals surface area contributed by atoms with Gasteiger partial charge < -0.3 is 5.73 Å². The summed E-state index contributed by atoms with van der Waals surface area (Å²) in [6.45, 7) is -1.76. The summed E-state index contributed by atoms with van der Waals surface area (Å²) in [5.41, 5.74) is -4.46. The zero-order chi connectivity index (χ0) is 25.9. The van der Waals surface area contributed by atoms with Crippen LogP contribution in [0, 0.1) is 0 Å². The van der Waals surface area contributed by atoms with Gasteiger partial charge in [-0.1, -0.05) is 0 Å². The minimum absolute atomic E-state index is 1.76. The smallest absolute Gasteiger partial charge is 0.330 e. The van der Waals surface area contributed by atoms with Crippen molar-refractivity contribution in [3.8, 4) is 0 Å². The highest BCUT2D eigenvalue weighted by atomic mass is 19.4. The second kappa shape index (κ2) is 7.32. The van der Waals surface area contributed by atoms with Crippen LogP contribution in [-0.2, 0) is 0 Å². The fourth-order valence-electron chi connectivity index (χ4n) is 1.89. The highest BCUT2D eigenvalue weighted by Crippen LogP contribution is 2.66. The molecule has 0 aliphatic carbocycles. The molecule has 0 radical (unpaired) electrons. The summed E-state index contributed by atoms with van der Waals surface area (Å²) in [6.07, 6.45) is -19.3. The number of hydrogen-bond acceptors (Lipinski definition) is 1. The number of alkyl halides is 19. The van der Waals surface area contributed by atoms with Crippen LogP contribution < -0.4 is 5.73 Å². The van der Waals surface area contributed by atoms with Crippen molar-refractivity contribution in [1.29, 1.82) is 0 Å². The van der Waals surface area contributed by atoms with Crippen LogP contribution in [0.1, 0.15) is 6.42 Å². The van der Waals surface area contributed by atoms with E-state index in [0.29, 0.717) is 0 Å². The van der Waals surface area contributed by atoms with Crippen LogP contribution in [0.5, 0.6) is 0 Å². The minimum atomic E-state index is -8.98. The molecule has 20 heteroatoms. The van der Waals surface area contributed by atoms with Crippen LogP contribution in [0.4, 0.5) is 83.4 Å². The van der Waals surface area contributed by atoms with Crippen LogP contribution in [0.25, 0.3) is 0 Å². The lowest BCUT2D eigenvalue weighted by Crippen LogP contribution is -2.77. The van der Waals surface area contributed by atoms with E-state index < -0.39 is 66.5 Å². The van der Waals surface area contributed by atoms with Crippen LogP contribution in [0.2, 0.25) is 0 Å². The van der Waals surface area contributed by atoms with Gasteiger partial charge in [0.05, 0.1) is 0 Å². The van der Waals surface area contributed by atoms with Gasteiger partial charge in [0.15, 0.2) is 0 Å². The lowest BCUT2D eigenvalue weighted by atomic mass is 9.83. The summed E-state index contributed by atoms with van der Waals surface area (Å²) in [6, 6.07) is 0. The molecule has 0 aromatic rings. The van der Waals surface area contributed by atoms with Gasteiger partial charge in [-0.05, 0) is 6.54 Å². The zero-order valence-corrected chi connectivity index (χ0v) is 13.7. The van der Waals surface area contributed by atoms with E-state index in [-0.39, 0.29) is 0 Å². The summed E-state index contributed by atoms with van der Waals surface area (Å²) in [5, 5.41) is 0. The van der Waals surface area contributed by atoms with E-state index in [4.69, 9.17) is 0 Å². The van der Waals surface area contributed by atoms with Crippen molar-refractivity contribution in [1.82, 2.24) is 0 Å². The van der Waals surface area contributed by atoms with Crippen molar-refractivity contribution in [2.75, 3.05) is 6.54 Å². The van der Waals surface area contributed by atoms with Crippen molar-refractivity contribution < 1.29 is 83.4 Å². The van der Waals surface area contributed by atoms with E-state index in [1.54, 1.807) is 0 Å². The first-order chi connectivity index (χ1) is 13.1. The topological polar surface area (TPSA) is 26.0 Å². The molecule has 0 atom stereocenters. The third-order valence-electron chi connectivity index (χ3n) is 3.71. The Kier molecular flexibility index (Phi) is 7.00. The quantitative estimate of drug-likeness (QED) is 0.398. The van der Waals surface area contributed by atoms with Gasteiger partial charge in [-0.3, -0.25) is 0 Å². The maximum atomic E-state index is 13.3. The van der Waals surface area contributed by atoms with E-state index in [9.17, 15) is 83.4 Å². The molecule has 1 nitrogen and oxygen atoms in total. The molecule has 0 aliphatic heterocycles. The Labute approximate surface area is 157 Å². The molecule has 0 aromatic carbocycles. The van der Waals surface area contributed by atoms with Gasteiger partial charge in [0.2, 0.25) is 0 Å². The first kappa shape index (κ1) is 29.6. The van der Waals surface area contributed by atoms with Gasteiger partial charge >= 0.3 is 53.6 Å². The molecule has 0 rings (SSSR count). The van der Waals surface area contributed by atoms with Gasteiger partial charge in [0, 0.05) is 6.42 Å². The van der Waals surface area contributed by atoms with E-state index in [2.05, 4.69) is 5.73 Å². The van der Waals surface area contributed by atoms with Crippen molar-refractivity contribution >= 4 is 0 Å². The molecule has 0 unspecified atom stereocenters. The monoisotopic (exact) mass is 513 g/mol. The van der Waals surface area contributed by atoms with Crippen LogP contribution in [0.15, 0.2) is 0 Å². The molecule has 0 amide bonds. The zero-order valence-electron chi connectivity index (χ0n) is 13.7. The number of halogens is 19. The fourth-order valence-corrected chi connectivity index (χ4v) is 1.89. The fraction of sp³-hybridized carbons (Fsp3) is 1.00. The average molecular weight is 513 g/mol. The van der Waals surface area contributed by atoms with Crippen LogP contribution >= 0.6 is 0 Å². The first-order valence-corrected chi connectivity index (χ1v) is 6.85. The lowest BCUT2D eigenvalue weighted by molar-refractivity contribution is -0.472. The van der Waals surface area contributed by atoms with E-state index in [1.807, 2.05) is 0 Å². The van der Waals surface area contributed by atoms with Crippen LogP contribution in [-0.4, -0.2) is 60.1 Å².